The van der Waals surface area contributed by atoms with E-state index in [4.69, 9.17) is 9.72 Å². The first-order valence-corrected chi connectivity index (χ1v) is 11.5. The molecule has 0 atom stereocenters. The molecule has 2 aromatic carbocycles. The molecule has 33 heavy (non-hydrogen) atoms. The number of aromatic nitrogens is 3. The maximum Gasteiger partial charge on any atom is 0.256 e. The maximum atomic E-state index is 13.0. The highest BCUT2D eigenvalue weighted by Crippen LogP contribution is 2.27. The van der Waals surface area contributed by atoms with Gasteiger partial charge in [0.15, 0.2) is 5.65 Å². The average molecular weight is 443 g/mol. The molecule has 2 aromatic heterocycles. The quantitative estimate of drug-likeness (QED) is 0.430. The van der Waals surface area contributed by atoms with E-state index < -0.39 is 0 Å². The van der Waals surface area contributed by atoms with Crippen LogP contribution in [0.4, 0.5) is 0 Å². The smallest absolute Gasteiger partial charge is 0.256 e. The number of amides is 1. The number of nitrogens with one attached hydrogen (secondary N) is 2. The van der Waals surface area contributed by atoms with Crippen LogP contribution in [-0.2, 0) is 4.74 Å². The number of carbonyl (C=O) groups is 1. The summed E-state index contributed by atoms with van der Waals surface area (Å²) in [7, 11) is 0. The van der Waals surface area contributed by atoms with Gasteiger partial charge in [-0.1, -0.05) is 60.7 Å². The predicted octanol–water partition coefficient (Wildman–Crippen LogP) is 2.10. The Morgan fingerprint density at radius 3 is 2.42 bits per heavy atom. The molecule has 7 nitrogen and oxygen atoms in total. The van der Waals surface area contributed by atoms with Gasteiger partial charge in [0.2, 0.25) is 0 Å². The standard InChI is InChI=1S/C26H27N5O2/c32-26(27-12-7-13-30-14-16-33-17-15-30)22-19-28-31-24(21-10-5-2-6-11-21)18-23(29-25(22)31)20-8-3-1-4-9-20/h1-6,8-11,18-19H,7,12-17H2,(H,27,32)/p+1. The van der Waals surface area contributed by atoms with Crippen LogP contribution in [-0.4, -0.2) is 59.9 Å². The van der Waals surface area contributed by atoms with Crippen molar-refractivity contribution >= 4 is 11.6 Å². The van der Waals surface area contributed by atoms with E-state index in [-0.39, 0.29) is 5.91 Å². The average Bonchev–Trinajstić information content (AvgIpc) is 3.32. The molecule has 3 heterocycles. The van der Waals surface area contributed by atoms with Crippen LogP contribution >= 0.6 is 0 Å². The van der Waals surface area contributed by atoms with Crippen LogP contribution in [0, 0.1) is 0 Å². The van der Waals surface area contributed by atoms with E-state index in [1.165, 1.54) is 4.90 Å². The van der Waals surface area contributed by atoms with Crippen LogP contribution in [0.3, 0.4) is 0 Å². The molecule has 7 heteroatoms. The number of benzene rings is 2. The normalized spacial score (nSPS) is 14.4. The zero-order valence-corrected chi connectivity index (χ0v) is 18.5. The topological polar surface area (TPSA) is 73.0 Å². The lowest BCUT2D eigenvalue weighted by Crippen LogP contribution is -3.14. The summed E-state index contributed by atoms with van der Waals surface area (Å²) in [5.74, 6) is -0.140. The van der Waals surface area contributed by atoms with Gasteiger partial charge in [0.25, 0.3) is 5.91 Å². The van der Waals surface area contributed by atoms with Crippen molar-refractivity contribution in [2.24, 2.45) is 0 Å². The van der Waals surface area contributed by atoms with Gasteiger partial charge >= 0.3 is 0 Å². The van der Waals surface area contributed by atoms with Gasteiger partial charge in [-0.25, -0.2) is 9.50 Å². The molecule has 1 fully saturated rings. The van der Waals surface area contributed by atoms with Gasteiger partial charge in [0.1, 0.15) is 18.7 Å². The summed E-state index contributed by atoms with van der Waals surface area (Å²) in [6.45, 7) is 5.39. The fourth-order valence-electron chi connectivity index (χ4n) is 4.24. The SMILES string of the molecule is O=C(NCCC[NH+]1CCOCC1)c1cnn2c(-c3ccccc3)cc(-c3ccccc3)nc12. The molecule has 0 spiro atoms. The van der Waals surface area contributed by atoms with Crippen molar-refractivity contribution in [3.63, 3.8) is 0 Å². The second-order valence-electron chi connectivity index (χ2n) is 8.27. The number of hydrogen-bond donors (Lipinski definition) is 2. The highest BCUT2D eigenvalue weighted by Gasteiger charge is 2.19. The van der Waals surface area contributed by atoms with Crippen molar-refractivity contribution < 1.29 is 14.4 Å². The van der Waals surface area contributed by atoms with Crippen molar-refractivity contribution in [3.05, 3.63) is 78.5 Å². The van der Waals surface area contributed by atoms with Gasteiger partial charge in [-0.2, -0.15) is 5.10 Å². The number of fused-ring (bicyclic) bond motifs is 1. The van der Waals surface area contributed by atoms with E-state index in [0.717, 1.165) is 61.8 Å². The van der Waals surface area contributed by atoms with Gasteiger partial charge in [-0.05, 0) is 6.07 Å². The van der Waals surface area contributed by atoms with Crippen molar-refractivity contribution in [1.82, 2.24) is 19.9 Å². The summed E-state index contributed by atoms with van der Waals surface area (Å²) in [5, 5.41) is 7.59. The molecule has 0 bridgehead atoms. The molecule has 2 N–H and O–H groups in total. The molecule has 0 aliphatic carbocycles. The third-order valence-electron chi connectivity index (χ3n) is 6.05. The highest BCUT2D eigenvalue weighted by molar-refractivity contribution is 6.00. The number of ether oxygens (including phenoxy) is 1. The number of quaternary nitrogens is 1. The summed E-state index contributed by atoms with van der Waals surface area (Å²) in [4.78, 5) is 19.4. The van der Waals surface area contributed by atoms with Crippen LogP contribution < -0.4 is 10.2 Å². The van der Waals surface area contributed by atoms with E-state index in [9.17, 15) is 4.79 Å². The minimum Gasteiger partial charge on any atom is -0.370 e. The number of nitrogens with zero attached hydrogens (tertiary/aromatic N) is 3. The Hall–Kier alpha value is -3.55. The van der Waals surface area contributed by atoms with Gasteiger partial charge in [-0.15, -0.1) is 0 Å². The second kappa shape index (κ2) is 9.94. The van der Waals surface area contributed by atoms with E-state index in [1.54, 1.807) is 10.7 Å². The molecule has 5 rings (SSSR count). The third-order valence-corrected chi connectivity index (χ3v) is 6.05. The molecule has 168 valence electrons. The molecule has 1 aliphatic rings. The number of morpholine rings is 1. The van der Waals surface area contributed by atoms with Crippen LogP contribution in [0.2, 0.25) is 0 Å². The Morgan fingerprint density at radius 1 is 1.00 bits per heavy atom. The summed E-state index contributed by atoms with van der Waals surface area (Å²) < 4.78 is 7.17. The van der Waals surface area contributed by atoms with Crippen molar-refractivity contribution in [2.75, 3.05) is 39.4 Å². The number of rotatable bonds is 7. The van der Waals surface area contributed by atoms with Crippen LogP contribution in [0.15, 0.2) is 72.9 Å². The lowest BCUT2D eigenvalue weighted by molar-refractivity contribution is -0.908. The fourth-order valence-corrected chi connectivity index (χ4v) is 4.24. The predicted molar refractivity (Wildman–Crippen MR) is 127 cm³/mol. The van der Waals surface area contributed by atoms with Crippen molar-refractivity contribution in [2.45, 2.75) is 6.42 Å². The van der Waals surface area contributed by atoms with Crippen LogP contribution in [0.25, 0.3) is 28.2 Å². The first-order valence-electron chi connectivity index (χ1n) is 11.5. The summed E-state index contributed by atoms with van der Waals surface area (Å²) in [6.07, 6.45) is 2.55. The molecular formula is C26H28N5O2+. The molecule has 0 unspecified atom stereocenters. The Bertz CT molecular complexity index is 1220. The molecule has 1 amide bonds. The van der Waals surface area contributed by atoms with Crippen LogP contribution in [0.1, 0.15) is 16.8 Å². The molecule has 0 saturated carbocycles. The first kappa shape index (κ1) is 21.3. The van der Waals surface area contributed by atoms with Crippen molar-refractivity contribution in [1.29, 1.82) is 0 Å². The lowest BCUT2D eigenvalue weighted by atomic mass is 10.1. The van der Waals surface area contributed by atoms with Gasteiger partial charge in [-0.3, -0.25) is 4.79 Å². The van der Waals surface area contributed by atoms with E-state index in [1.807, 2.05) is 66.7 Å². The zero-order valence-electron chi connectivity index (χ0n) is 18.5. The van der Waals surface area contributed by atoms with Crippen LogP contribution in [0.5, 0.6) is 0 Å². The second-order valence-corrected chi connectivity index (χ2v) is 8.27. The van der Waals surface area contributed by atoms with Crippen molar-refractivity contribution in [3.8, 4) is 22.5 Å². The molecule has 0 radical (unpaired) electrons. The van der Waals surface area contributed by atoms with E-state index in [0.29, 0.717) is 17.8 Å². The summed E-state index contributed by atoms with van der Waals surface area (Å²) >= 11 is 0. The van der Waals surface area contributed by atoms with E-state index in [2.05, 4.69) is 10.4 Å². The fraction of sp³-hybridized carbons (Fsp3) is 0.269. The Morgan fingerprint density at radius 2 is 1.70 bits per heavy atom. The first-order chi connectivity index (χ1) is 16.3. The molecule has 1 aliphatic heterocycles. The molecule has 1 saturated heterocycles. The van der Waals surface area contributed by atoms with Gasteiger partial charge < -0.3 is 15.0 Å². The Labute approximate surface area is 193 Å². The molecular weight excluding hydrogens is 414 g/mol. The van der Waals surface area contributed by atoms with Gasteiger partial charge in [0, 0.05) is 24.1 Å². The van der Waals surface area contributed by atoms with Gasteiger partial charge in [0.05, 0.1) is 37.3 Å². The summed E-state index contributed by atoms with van der Waals surface area (Å²) in [6, 6.07) is 22.1. The third kappa shape index (κ3) is 4.79. The largest absolute Gasteiger partial charge is 0.370 e. The minimum absolute atomic E-state index is 0.140. The maximum absolute atomic E-state index is 13.0. The summed E-state index contributed by atoms with van der Waals surface area (Å²) in [5.41, 5.74) is 4.78. The highest BCUT2D eigenvalue weighted by atomic mass is 16.5. The Kier molecular flexibility index (Phi) is 6.41. The number of carbonyl (C=O) groups excluding carboxylic acids is 1. The Balaban J connectivity index is 1.41. The zero-order chi connectivity index (χ0) is 22.5. The van der Waals surface area contributed by atoms with E-state index >= 15 is 0 Å². The lowest BCUT2D eigenvalue weighted by Gasteiger charge is -2.23. The molecule has 4 aromatic rings. The number of hydrogen-bond acceptors (Lipinski definition) is 4. The minimum atomic E-state index is -0.140. The monoisotopic (exact) mass is 442 g/mol.